The highest BCUT2D eigenvalue weighted by molar-refractivity contribution is 5.92. The van der Waals surface area contributed by atoms with E-state index in [1.807, 2.05) is 48.5 Å². The minimum Gasteiger partial charge on any atom is -0.328 e. The molecule has 3 heterocycles. The number of nitrogens with one attached hydrogen (secondary N) is 2. The van der Waals surface area contributed by atoms with Crippen molar-refractivity contribution in [2.24, 2.45) is 0 Å². The van der Waals surface area contributed by atoms with Crippen LogP contribution in [0.25, 0.3) is 33.5 Å². The van der Waals surface area contributed by atoms with E-state index >= 15 is 0 Å². The first-order valence-corrected chi connectivity index (χ1v) is 8.15. The van der Waals surface area contributed by atoms with Crippen LogP contribution in [0.3, 0.4) is 0 Å². The number of aromatic amines is 2. The molecule has 0 fully saturated rings. The van der Waals surface area contributed by atoms with Gasteiger partial charge in [-0.2, -0.15) is 0 Å². The molecule has 0 amide bonds. The van der Waals surface area contributed by atoms with Crippen LogP contribution in [0.5, 0.6) is 0 Å². The second kappa shape index (κ2) is 6.64. The van der Waals surface area contributed by atoms with Gasteiger partial charge >= 0.3 is 0 Å². The van der Waals surface area contributed by atoms with Crippen molar-refractivity contribution in [1.29, 1.82) is 0 Å². The molecule has 1 aromatic carbocycles. The Morgan fingerprint density at radius 1 is 0.692 bits per heavy atom. The summed E-state index contributed by atoms with van der Waals surface area (Å²) in [6, 6.07) is 18.4. The van der Waals surface area contributed by atoms with Crippen molar-refractivity contribution < 1.29 is 0 Å². The summed E-state index contributed by atoms with van der Waals surface area (Å²) >= 11 is 0. The molecule has 5 heteroatoms. The lowest BCUT2D eigenvalue weighted by atomic mass is 9.91. The Labute approximate surface area is 149 Å². The van der Waals surface area contributed by atoms with Gasteiger partial charge < -0.3 is 9.97 Å². The topological polar surface area (TPSA) is 78.6 Å². The van der Waals surface area contributed by atoms with E-state index in [9.17, 15) is 9.59 Å². The molecule has 0 unspecified atom stereocenters. The van der Waals surface area contributed by atoms with E-state index in [0.29, 0.717) is 11.1 Å². The number of rotatable bonds is 3. The summed E-state index contributed by atoms with van der Waals surface area (Å²) in [5.41, 5.74) is 3.95. The van der Waals surface area contributed by atoms with Gasteiger partial charge in [0.25, 0.3) is 5.56 Å². The number of pyridine rings is 3. The fraction of sp³-hybridized carbons (Fsp3) is 0. The van der Waals surface area contributed by atoms with E-state index in [1.165, 1.54) is 6.07 Å². The van der Waals surface area contributed by atoms with E-state index in [1.54, 1.807) is 24.7 Å². The smallest absolute Gasteiger partial charge is 0.256 e. The third-order valence-corrected chi connectivity index (χ3v) is 4.17. The molecule has 0 radical (unpaired) electrons. The second-order valence-corrected chi connectivity index (χ2v) is 5.80. The third kappa shape index (κ3) is 2.86. The van der Waals surface area contributed by atoms with Crippen molar-refractivity contribution in [3.05, 3.63) is 100.0 Å². The van der Waals surface area contributed by atoms with Crippen LogP contribution in [0.15, 0.2) is 88.8 Å². The molecular weight excluding hydrogens is 326 g/mol. The largest absolute Gasteiger partial charge is 0.328 e. The molecule has 0 saturated carbocycles. The number of nitrogens with zero attached hydrogens (tertiary/aromatic N) is 1. The number of benzene rings is 1. The average molecular weight is 341 g/mol. The fourth-order valence-electron chi connectivity index (χ4n) is 3.00. The Balaban J connectivity index is 2.09. The molecule has 4 rings (SSSR count). The van der Waals surface area contributed by atoms with Crippen LogP contribution in [0, 0.1) is 0 Å². The lowest BCUT2D eigenvalue weighted by Crippen LogP contribution is -2.12. The Morgan fingerprint density at radius 3 is 2.19 bits per heavy atom. The predicted octanol–water partition coefficient (Wildman–Crippen LogP) is 3.46. The first-order valence-electron chi connectivity index (χ1n) is 8.15. The Hall–Kier alpha value is -3.73. The molecule has 0 aliphatic carbocycles. The van der Waals surface area contributed by atoms with Crippen molar-refractivity contribution in [3.63, 3.8) is 0 Å². The van der Waals surface area contributed by atoms with Gasteiger partial charge in [-0.25, -0.2) is 0 Å². The Bertz CT molecular complexity index is 1140. The van der Waals surface area contributed by atoms with Gasteiger partial charge in [0.2, 0.25) is 5.56 Å². The molecule has 5 nitrogen and oxygen atoms in total. The summed E-state index contributed by atoms with van der Waals surface area (Å²) in [4.78, 5) is 34.0. The van der Waals surface area contributed by atoms with Crippen LogP contribution in [0.2, 0.25) is 0 Å². The molecule has 0 atom stereocenters. The summed E-state index contributed by atoms with van der Waals surface area (Å²) < 4.78 is 0. The standard InChI is InChI=1S/C21H15N3O2/c25-18-10-9-15(12-23-18)20-19(14-6-2-1-3-7-14)16(13-24-21(20)26)17-8-4-5-11-22-17/h1-13H,(H,23,25)(H,24,26). The van der Waals surface area contributed by atoms with Crippen molar-refractivity contribution >= 4 is 0 Å². The summed E-state index contributed by atoms with van der Waals surface area (Å²) in [5.74, 6) is 0. The first-order chi connectivity index (χ1) is 12.7. The van der Waals surface area contributed by atoms with Crippen LogP contribution in [0.4, 0.5) is 0 Å². The summed E-state index contributed by atoms with van der Waals surface area (Å²) in [6.45, 7) is 0. The Morgan fingerprint density at radius 2 is 1.50 bits per heavy atom. The van der Waals surface area contributed by atoms with Gasteiger partial charge in [-0.15, -0.1) is 0 Å². The number of H-pyrrole nitrogens is 2. The SMILES string of the molecule is O=c1ccc(-c2c(-c3ccccc3)c(-c3ccccn3)c[nH]c2=O)c[nH]1. The molecule has 0 aliphatic rings. The highest BCUT2D eigenvalue weighted by Crippen LogP contribution is 2.36. The molecule has 126 valence electrons. The summed E-state index contributed by atoms with van der Waals surface area (Å²) in [6.07, 6.45) is 4.96. The van der Waals surface area contributed by atoms with E-state index in [2.05, 4.69) is 15.0 Å². The predicted molar refractivity (Wildman–Crippen MR) is 102 cm³/mol. The number of hydrogen-bond acceptors (Lipinski definition) is 3. The molecule has 0 spiro atoms. The van der Waals surface area contributed by atoms with E-state index in [-0.39, 0.29) is 11.1 Å². The van der Waals surface area contributed by atoms with Gasteiger partial charge in [-0.1, -0.05) is 36.4 Å². The quantitative estimate of drug-likeness (QED) is 0.599. The maximum absolute atomic E-state index is 12.7. The molecule has 0 saturated heterocycles. The zero-order valence-electron chi connectivity index (χ0n) is 13.8. The van der Waals surface area contributed by atoms with E-state index in [4.69, 9.17) is 0 Å². The van der Waals surface area contributed by atoms with Crippen molar-refractivity contribution in [1.82, 2.24) is 15.0 Å². The minimum atomic E-state index is -0.226. The van der Waals surface area contributed by atoms with E-state index in [0.717, 1.165) is 22.4 Å². The van der Waals surface area contributed by atoms with Gasteiger partial charge in [0.1, 0.15) is 0 Å². The zero-order chi connectivity index (χ0) is 17.9. The zero-order valence-corrected chi connectivity index (χ0v) is 13.8. The summed E-state index contributed by atoms with van der Waals surface area (Å²) in [7, 11) is 0. The van der Waals surface area contributed by atoms with Gasteiger partial charge in [0.05, 0.1) is 11.3 Å². The normalized spacial score (nSPS) is 10.6. The van der Waals surface area contributed by atoms with Crippen LogP contribution < -0.4 is 11.1 Å². The molecule has 26 heavy (non-hydrogen) atoms. The molecule has 4 aromatic rings. The Kier molecular flexibility index (Phi) is 4.03. The first kappa shape index (κ1) is 15.8. The highest BCUT2D eigenvalue weighted by atomic mass is 16.1. The number of hydrogen-bond donors (Lipinski definition) is 2. The van der Waals surface area contributed by atoms with Gasteiger partial charge in [0, 0.05) is 41.3 Å². The minimum absolute atomic E-state index is 0.215. The lowest BCUT2D eigenvalue weighted by Gasteiger charge is -2.14. The average Bonchev–Trinajstić information content (AvgIpc) is 2.70. The van der Waals surface area contributed by atoms with Gasteiger partial charge in [-0.05, 0) is 23.8 Å². The van der Waals surface area contributed by atoms with Crippen LogP contribution in [0.1, 0.15) is 0 Å². The van der Waals surface area contributed by atoms with Crippen molar-refractivity contribution in [2.75, 3.05) is 0 Å². The molecule has 2 N–H and O–H groups in total. The van der Waals surface area contributed by atoms with Crippen LogP contribution >= 0.6 is 0 Å². The maximum Gasteiger partial charge on any atom is 0.256 e. The van der Waals surface area contributed by atoms with Crippen LogP contribution in [-0.2, 0) is 0 Å². The van der Waals surface area contributed by atoms with Crippen molar-refractivity contribution in [3.8, 4) is 33.5 Å². The molecule has 0 aliphatic heterocycles. The van der Waals surface area contributed by atoms with Crippen molar-refractivity contribution in [2.45, 2.75) is 0 Å². The molecular formula is C21H15N3O2. The van der Waals surface area contributed by atoms with Gasteiger partial charge in [-0.3, -0.25) is 14.6 Å². The van der Waals surface area contributed by atoms with Gasteiger partial charge in [0.15, 0.2) is 0 Å². The van der Waals surface area contributed by atoms with Crippen LogP contribution in [-0.4, -0.2) is 15.0 Å². The molecule has 0 bridgehead atoms. The lowest BCUT2D eigenvalue weighted by molar-refractivity contribution is 1.20. The summed E-state index contributed by atoms with van der Waals surface area (Å²) in [5, 5.41) is 0. The fourth-order valence-corrected chi connectivity index (χ4v) is 3.00. The van der Waals surface area contributed by atoms with E-state index < -0.39 is 0 Å². The molecule has 3 aromatic heterocycles. The number of aromatic nitrogens is 3. The maximum atomic E-state index is 12.7. The monoisotopic (exact) mass is 341 g/mol. The highest BCUT2D eigenvalue weighted by Gasteiger charge is 2.18. The third-order valence-electron chi connectivity index (χ3n) is 4.17. The second-order valence-electron chi connectivity index (χ2n) is 5.80.